The molecule has 0 bridgehead atoms. The molecule has 1 saturated carbocycles. The minimum Gasteiger partial charge on any atom is -0.347 e. The van der Waals surface area contributed by atoms with E-state index in [1.54, 1.807) is 0 Å². The van der Waals surface area contributed by atoms with Gasteiger partial charge in [-0.05, 0) is 38.0 Å². The van der Waals surface area contributed by atoms with Gasteiger partial charge in [0.25, 0.3) is 15.0 Å². The zero-order chi connectivity index (χ0) is 15.0. The summed E-state index contributed by atoms with van der Waals surface area (Å²) in [5, 5.41) is 3.13. The highest BCUT2D eigenvalue weighted by molar-refractivity contribution is 8.13. The summed E-state index contributed by atoms with van der Waals surface area (Å²) in [7, 11) is 1.40. The van der Waals surface area contributed by atoms with E-state index >= 15 is 0 Å². The lowest BCUT2D eigenvalue weighted by atomic mass is 10.00. The van der Waals surface area contributed by atoms with Gasteiger partial charge in [0, 0.05) is 16.2 Å². The Bertz CT molecular complexity index is 637. The molecule has 1 N–H and O–H groups in total. The Hall–Kier alpha value is -0.780. The molecule has 0 aromatic heterocycles. The number of carbonyl (C=O) groups is 1. The lowest BCUT2D eigenvalue weighted by Crippen LogP contribution is -2.43. The molecule has 1 aromatic rings. The fourth-order valence-electron chi connectivity index (χ4n) is 2.45. The van der Waals surface area contributed by atoms with Crippen LogP contribution in [0.3, 0.4) is 0 Å². The Balaban J connectivity index is 2.30. The van der Waals surface area contributed by atoms with E-state index in [9.17, 15) is 13.2 Å². The van der Waals surface area contributed by atoms with Gasteiger partial charge in [0.05, 0.1) is 15.5 Å². The van der Waals surface area contributed by atoms with Crippen molar-refractivity contribution < 1.29 is 13.2 Å². The molecular formula is C13H15Cl2NO3S. The van der Waals surface area contributed by atoms with Gasteiger partial charge in [0.2, 0.25) is 0 Å². The number of rotatable bonds is 3. The van der Waals surface area contributed by atoms with Crippen molar-refractivity contribution in [2.24, 2.45) is 0 Å². The first-order valence-corrected chi connectivity index (χ1v) is 8.97. The lowest BCUT2D eigenvalue weighted by Gasteiger charge is -2.25. The van der Waals surface area contributed by atoms with Gasteiger partial charge >= 0.3 is 0 Å². The second-order valence-electron chi connectivity index (χ2n) is 5.30. The van der Waals surface area contributed by atoms with E-state index in [2.05, 4.69) is 5.32 Å². The maximum absolute atomic E-state index is 12.3. The van der Waals surface area contributed by atoms with E-state index in [-0.39, 0.29) is 26.9 Å². The molecule has 0 spiro atoms. The van der Waals surface area contributed by atoms with Crippen LogP contribution in [0.2, 0.25) is 5.02 Å². The molecule has 1 amide bonds. The van der Waals surface area contributed by atoms with Crippen molar-refractivity contribution in [3.05, 3.63) is 28.8 Å². The maximum atomic E-state index is 12.3. The molecule has 0 heterocycles. The van der Waals surface area contributed by atoms with Crippen LogP contribution in [0.15, 0.2) is 23.1 Å². The van der Waals surface area contributed by atoms with Crippen LogP contribution in [0.1, 0.15) is 43.0 Å². The minimum atomic E-state index is -3.88. The summed E-state index contributed by atoms with van der Waals surface area (Å²) in [5.41, 5.74) is -0.127. The van der Waals surface area contributed by atoms with E-state index < -0.39 is 9.05 Å². The van der Waals surface area contributed by atoms with Gasteiger partial charge in [-0.15, -0.1) is 0 Å². The summed E-state index contributed by atoms with van der Waals surface area (Å²) in [4.78, 5) is 12.1. The first kappa shape index (κ1) is 15.6. The monoisotopic (exact) mass is 335 g/mol. The molecule has 0 radical (unpaired) electrons. The number of hydrogen-bond donors (Lipinski definition) is 1. The van der Waals surface area contributed by atoms with Crippen molar-refractivity contribution in [3.8, 4) is 0 Å². The summed E-state index contributed by atoms with van der Waals surface area (Å²) >= 11 is 5.97. The van der Waals surface area contributed by atoms with Crippen LogP contribution >= 0.6 is 22.3 Å². The molecule has 4 nitrogen and oxygen atoms in total. The number of amides is 1. The van der Waals surface area contributed by atoms with Gasteiger partial charge in [-0.2, -0.15) is 0 Å². The molecular weight excluding hydrogens is 321 g/mol. The number of halogens is 2. The molecule has 1 aliphatic rings. The third-order valence-corrected chi connectivity index (χ3v) is 5.27. The van der Waals surface area contributed by atoms with Crippen LogP contribution in [0.25, 0.3) is 0 Å². The third-order valence-electron chi connectivity index (χ3n) is 3.59. The SMILES string of the molecule is CC1(NC(=O)c2cc(S(=O)(=O)Cl)ccc2Cl)CCCC1. The number of carbonyl (C=O) groups excluding carboxylic acids is 1. The molecule has 20 heavy (non-hydrogen) atoms. The Morgan fingerprint density at radius 2 is 1.90 bits per heavy atom. The second kappa shape index (κ2) is 5.54. The molecule has 0 atom stereocenters. The largest absolute Gasteiger partial charge is 0.347 e. The van der Waals surface area contributed by atoms with Crippen LogP contribution in [-0.4, -0.2) is 19.9 Å². The Morgan fingerprint density at radius 3 is 2.45 bits per heavy atom. The third kappa shape index (κ3) is 3.45. The second-order valence-corrected chi connectivity index (χ2v) is 8.27. The molecule has 0 unspecified atom stereocenters. The molecule has 1 fully saturated rings. The Labute approximate surface area is 127 Å². The summed E-state index contributed by atoms with van der Waals surface area (Å²) in [5.74, 6) is -0.374. The number of nitrogens with one attached hydrogen (secondary N) is 1. The minimum absolute atomic E-state index is 0.126. The smallest absolute Gasteiger partial charge is 0.261 e. The van der Waals surface area contributed by atoms with Crippen LogP contribution in [-0.2, 0) is 9.05 Å². The predicted octanol–water partition coefficient (Wildman–Crippen LogP) is 3.33. The topological polar surface area (TPSA) is 63.2 Å². The normalized spacial score (nSPS) is 17.9. The van der Waals surface area contributed by atoms with Crippen LogP contribution in [0.4, 0.5) is 0 Å². The molecule has 0 saturated heterocycles. The quantitative estimate of drug-likeness (QED) is 0.861. The fourth-order valence-corrected chi connectivity index (χ4v) is 3.43. The average molecular weight is 336 g/mol. The van der Waals surface area contributed by atoms with E-state index in [0.29, 0.717) is 0 Å². The predicted molar refractivity (Wildman–Crippen MR) is 78.8 cm³/mol. The van der Waals surface area contributed by atoms with Crippen molar-refractivity contribution in [1.82, 2.24) is 5.32 Å². The summed E-state index contributed by atoms with van der Waals surface area (Å²) in [6, 6.07) is 3.85. The molecule has 2 rings (SSSR count). The van der Waals surface area contributed by atoms with Crippen molar-refractivity contribution >= 4 is 37.2 Å². The van der Waals surface area contributed by atoms with E-state index in [1.165, 1.54) is 18.2 Å². The Kier molecular flexibility index (Phi) is 4.33. The van der Waals surface area contributed by atoms with E-state index in [1.807, 2.05) is 6.92 Å². The highest BCUT2D eigenvalue weighted by Gasteiger charge is 2.31. The van der Waals surface area contributed by atoms with Gasteiger partial charge < -0.3 is 5.32 Å². The molecule has 110 valence electrons. The number of hydrogen-bond acceptors (Lipinski definition) is 3. The van der Waals surface area contributed by atoms with Gasteiger partial charge in [-0.3, -0.25) is 4.79 Å². The zero-order valence-corrected chi connectivity index (χ0v) is 13.3. The molecule has 0 aliphatic heterocycles. The van der Waals surface area contributed by atoms with Crippen LogP contribution in [0, 0.1) is 0 Å². The van der Waals surface area contributed by atoms with Gasteiger partial charge in [0.1, 0.15) is 0 Å². The lowest BCUT2D eigenvalue weighted by molar-refractivity contribution is 0.0908. The molecule has 1 aromatic carbocycles. The van der Waals surface area contributed by atoms with E-state index in [4.69, 9.17) is 22.3 Å². The van der Waals surface area contributed by atoms with Crippen molar-refractivity contribution in [2.45, 2.75) is 43.0 Å². The molecule has 7 heteroatoms. The van der Waals surface area contributed by atoms with Crippen LogP contribution < -0.4 is 5.32 Å². The van der Waals surface area contributed by atoms with Crippen molar-refractivity contribution in [2.75, 3.05) is 0 Å². The van der Waals surface area contributed by atoms with Crippen molar-refractivity contribution in [1.29, 1.82) is 0 Å². The Morgan fingerprint density at radius 1 is 1.30 bits per heavy atom. The van der Waals surface area contributed by atoms with E-state index in [0.717, 1.165) is 25.7 Å². The van der Waals surface area contributed by atoms with Crippen LogP contribution in [0.5, 0.6) is 0 Å². The fraction of sp³-hybridized carbons (Fsp3) is 0.462. The number of benzene rings is 1. The highest BCUT2D eigenvalue weighted by atomic mass is 35.7. The summed E-state index contributed by atoms with van der Waals surface area (Å²) in [6.45, 7) is 1.98. The molecule has 1 aliphatic carbocycles. The highest BCUT2D eigenvalue weighted by Crippen LogP contribution is 2.30. The first-order chi connectivity index (χ1) is 9.21. The van der Waals surface area contributed by atoms with Crippen molar-refractivity contribution in [3.63, 3.8) is 0 Å². The van der Waals surface area contributed by atoms with Gasteiger partial charge in [-0.1, -0.05) is 24.4 Å². The first-order valence-electron chi connectivity index (χ1n) is 6.28. The maximum Gasteiger partial charge on any atom is 0.261 e. The standard InChI is InChI=1S/C13H15Cl2NO3S/c1-13(6-2-3-7-13)16-12(17)10-8-9(20(15,18)19)4-5-11(10)14/h4-5,8H,2-3,6-7H2,1H3,(H,16,17). The zero-order valence-electron chi connectivity index (χ0n) is 10.9. The summed E-state index contributed by atoms with van der Waals surface area (Å²) in [6.07, 6.45) is 3.95. The van der Waals surface area contributed by atoms with Gasteiger partial charge in [-0.25, -0.2) is 8.42 Å². The van der Waals surface area contributed by atoms with Gasteiger partial charge in [0.15, 0.2) is 0 Å². The average Bonchev–Trinajstić information content (AvgIpc) is 2.74. The summed E-state index contributed by atoms with van der Waals surface area (Å²) < 4.78 is 22.6.